The van der Waals surface area contributed by atoms with Crippen molar-refractivity contribution < 1.29 is 14.3 Å². The third kappa shape index (κ3) is 1.36. The van der Waals surface area contributed by atoms with Gasteiger partial charge in [0.05, 0.1) is 12.9 Å². The Balaban J connectivity index is 2.35. The summed E-state index contributed by atoms with van der Waals surface area (Å²) >= 11 is 0. The van der Waals surface area contributed by atoms with Crippen molar-refractivity contribution >= 4 is 5.97 Å². The Kier molecular flexibility index (Phi) is 1.76. The van der Waals surface area contributed by atoms with Crippen LogP contribution in [-0.2, 0) is 14.3 Å². The van der Waals surface area contributed by atoms with Gasteiger partial charge in [0.15, 0.2) is 5.60 Å². The molecule has 0 aliphatic carbocycles. The van der Waals surface area contributed by atoms with Gasteiger partial charge < -0.3 is 9.47 Å². The fraction of sp³-hybridized carbons (Fsp3) is 0.571. The van der Waals surface area contributed by atoms with Crippen LogP contribution >= 0.6 is 0 Å². The second-order valence-electron chi connectivity index (χ2n) is 2.39. The molecule has 1 unspecified atom stereocenters. The molecule has 0 aromatic rings. The van der Waals surface area contributed by atoms with Crippen molar-refractivity contribution in [3.05, 3.63) is 12.3 Å². The second kappa shape index (κ2) is 2.42. The lowest BCUT2D eigenvalue weighted by atomic mass is 10.2. The predicted octanol–water partition coefficient (Wildman–Crippen LogP) is 0.852. The molecule has 0 N–H and O–H groups in total. The second-order valence-corrected chi connectivity index (χ2v) is 2.39. The van der Waals surface area contributed by atoms with E-state index in [1.807, 2.05) is 0 Å². The SMILES string of the molecule is CC=COC(=O)C1(C)CO1. The lowest BCUT2D eigenvalue weighted by molar-refractivity contribution is -0.143. The highest BCUT2D eigenvalue weighted by Gasteiger charge is 2.48. The standard InChI is InChI=1S/C7H10O3/c1-3-4-9-6(8)7(2)5-10-7/h3-4H,5H2,1-2H3. The zero-order chi connectivity index (χ0) is 7.61. The molecule has 3 heteroatoms. The van der Waals surface area contributed by atoms with Crippen LogP contribution in [-0.4, -0.2) is 18.2 Å². The predicted molar refractivity (Wildman–Crippen MR) is 35.3 cm³/mol. The van der Waals surface area contributed by atoms with Crippen LogP contribution in [0.5, 0.6) is 0 Å². The molecule has 3 nitrogen and oxygen atoms in total. The highest BCUT2D eigenvalue weighted by molar-refractivity contribution is 5.82. The summed E-state index contributed by atoms with van der Waals surface area (Å²) in [4.78, 5) is 10.9. The topological polar surface area (TPSA) is 38.8 Å². The van der Waals surface area contributed by atoms with Crippen molar-refractivity contribution in [3.8, 4) is 0 Å². The molecule has 0 saturated carbocycles. The van der Waals surface area contributed by atoms with Gasteiger partial charge in [-0.15, -0.1) is 0 Å². The lowest BCUT2D eigenvalue weighted by Crippen LogP contribution is -2.21. The molecule has 1 atom stereocenters. The molecule has 56 valence electrons. The molecule has 1 aliphatic rings. The van der Waals surface area contributed by atoms with E-state index in [9.17, 15) is 4.79 Å². The quantitative estimate of drug-likeness (QED) is 0.326. The van der Waals surface area contributed by atoms with Crippen molar-refractivity contribution in [3.63, 3.8) is 0 Å². The third-order valence-corrected chi connectivity index (χ3v) is 1.32. The van der Waals surface area contributed by atoms with E-state index in [1.54, 1.807) is 19.9 Å². The average Bonchev–Trinajstić information content (AvgIpc) is 2.64. The molecule has 0 bridgehead atoms. The van der Waals surface area contributed by atoms with Gasteiger partial charge in [-0.3, -0.25) is 0 Å². The van der Waals surface area contributed by atoms with E-state index in [1.165, 1.54) is 6.26 Å². The molecule has 0 aromatic heterocycles. The van der Waals surface area contributed by atoms with E-state index >= 15 is 0 Å². The molecule has 10 heavy (non-hydrogen) atoms. The van der Waals surface area contributed by atoms with Gasteiger partial charge in [-0.1, -0.05) is 6.08 Å². The summed E-state index contributed by atoms with van der Waals surface area (Å²) < 4.78 is 9.52. The maximum Gasteiger partial charge on any atom is 0.345 e. The van der Waals surface area contributed by atoms with Gasteiger partial charge in [0, 0.05) is 0 Å². The molecule has 1 saturated heterocycles. The number of epoxide rings is 1. The van der Waals surface area contributed by atoms with E-state index in [-0.39, 0.29) is 5.97 Å². The van der Waals surface area contributed by atoms with Crippen LogP contribution in [0.25, 0.3) is 0 Å². The minimum atomic E-state index is -0.653. The van der Waals surface area contributed by atoms with Crippen molar-refractivity contribution in [2.45, 2.75) is 19.4 Å². The Morgan fingerprint density at radius 2 is 2.40 bits per heavy atom. The first-order valence-electron chi connectivity index (χ1n) is 3.15. The molecule has 0 amide bonds. The largest absolute Gasteiger partial charge is 0.433 e. The summed E-state index contributed by atoms with van der Waals surface area (Å²) in [7, 11) is 0. The molecular weight excluding hydrogens is 132 g/mol. The Hall–Kier alpha value is -0.830. The van der Waals surface area contributed by atoms with Crippen LogP contribution in [0, 0.1) is 0 Å². The lowest BCUT2D eigenvalue weighted by Gasteiger charge is -1.99. The number of carbonyl (C=O) groups is 1. The minimum absolute atomic E-state index is 0.314. The van der Waals surface area contributed by atoms with Crippen LogP contribution in [0.4, 0.5) is 0 Å². The van der Waals surface area contributed by atoms with Crippen LogP contribution < -0.4 is 0 Å². The Morgan fingerprint density at radius 1 is 1.80 bits per heavy atom. The highest BCUT2D eigenvalue weighted by atomic mass is 16.6. The fourth-order valence-corrected chi connectivity index (χ4v) is 0.481. The summed E-state index contributed by atoms with van der Waals surface area (Å²) in [5.74, 6) is -0.314. The number of carbonyl (C=O) groups excluding carboxylic acids is 1. The Bertz CT molecular complexity index is 168. The van der Waals surface area contributed by atoms with Crippen molar-refractivity contribution in [2.24, 2.45) is 0 Å². The number of esters is 1. The summed E-state index contributed by atoms with van der Waals surface area (Å²) in [6.07, 6.45) is 3.01. The summed E-state index contributed by atoms with van der Waals surface area (Å²) in [5.41, 5.74) is -0.653. The number of ether oxygens (including phenoxy) is 2. The third-order valence-electron chi connectivity index (χ3n) is 1.32. The van der Waals surface area contributed by atoms with Gasteiger partial charge in [0.25, 0.3) is 0 Å². The summed E-state index contributed by atoms with van der Waals surface area (Å²) in [5, 5.41) is 0. The van der Waals surface area contributed by atoms with Crippen LogP contribution in [0.2, 0.25) is 0 Å². The van der Waals surface area contributed by atoms with Crippen molar-refractivity contribution in [1.29, 1.82) is 0 Å². The molecule has 1 heterocycles. The molecule has 1 fully saturated rings. The number of hydrogen-bond acceptors (Lipinski definition) is 3. The zero-order valence-electron chi connectivity index (χ0n) is 6.09. The van der Waals surface area contributed by atoms with E-state index in [0.717, 1.165) is 0 Å². The number of hydrogen-bond donors (Lipinski definition) is 0. The van der Waals surface area contributed by atoms with Crippen molar-refractivity contribution in [1.82, 2.24) is 0 Å². The first-order chi connectivity index (χ1) is 4.69. The molecule has 0 radical (unpaired) electrons. The molecule has 1 rings (SSSR count). The maximum absolute atomic E-state index is 10.9. The monoisotopic (exact) mass is 142 g/mol. The van der Waals surface area contributed by atoms with E-state index < -0.39 is 5.60 Å². The van der Waals surface area contributed by atoms with Crippen LogP contribution in [0.3, 0.4) is 0 Å². The van der Waals surface area contributed by atoms with Gasteiger partial charge in [-0.05, 0) is 13.8 Å². The Morgan fingerprint density at radius 3 is 2.80 bits per heavy atom. The summed E-state index contributed by atoms with van der Waals surface area (Å²) in [6, 6.07) is 0. The fourth-order valence-electron chi connectivity index (χ4n) is 0.481. The van der Waals surface area contributed by atoms with Crippen LogP contribution in [0.15, 0.2) is 12.3 Å². The average molecular weight is 142 g/mol. The van der Waals surface area contributed by atoms with Gasteiger partial charge >= 0.3 is 5.97 Å². The van der Waals surface area contributed by atoms with Gasteiger partial charge in [0.1, 0.15) is 0 Å². The summed E-state index contributed by atoms with van der Waals surface area (Å²) in [6.45, 7) is 3.96. The normalized spacial score (nSPS) is 30.6. The molecular formula is C7H10O3. The molecule has 1 aliphatic heterocycles. The minimum Gasteiger partial charge on any atom is -0.433 e. The first-order valence-corrected chi connectivity index (χ1v) is 3.15. The zero-order valence-corrected chi connectivity index (χ0v) is 6.09. The van der Waals surface area contributed by atoms with Gasteiger partial charge in [-0.25, -0.2) is 4.79 Å². The molecule has 0 spiro atoms. The first kappa shape index (κ1) is 7.28. The highest BCUT2D eigenvalue weighted by Crippen LogP contribution is 2.27. The maximum atomic E-state index is 10.9. The van der Waals surface area contributed by atoms with Crippen LogP contribution in [0.1, 0.15) is 13.8 Å². The smallest absolute Gasteiger partial charge is 0.345 e. The van der Waals surface area contributed by atoms with Gasteiger partial charge in [0.2, 0.25) is 0 Å². The number of rotatable bonds is 2. The van der Waals surface area contributed by atoms with E-state index in [4.69, 9.17) is 4.74 Å². The Labute approximate surface area is 59.6 Å². The van der Waals surface area contributed by atoms with E-state index in [2.05, 4.69) is 4.74 Å². The molecule has 0 aromatic carbocycles. The van der Waals surface area contributed by atoms with E-state index in [0.29, 0.717) is 6.61 Å². The van der Waals surface area contributed by atoms with Gasteiger partial charge in [-0.2, -0.15) is 0 Å². The van der Waals surface area contributed by atoms with Crippen molar-refractivity contribution in [2.75, 3.05) is 6.61 Å². The number of allylic oxidation sites excluding steroid dienone is 1.